The molecule has 1 N–H and O–H groups in total. The van der Waals surface area contributed by atoms with E-state index in [1.165, 1.54) is 29.0 Å². The molecular formula is C14H8N6S3. The van der Waals surface area contributed by atoms with Crippen molar-refractivity contribution in [3.8, 4) is 0 Å². The van der Waals surface area contributed by atoms with Crippen LogP contribution in [0.5, 0.6) is 0 Å². The van der Waals surface area contributed by atoms with E-state index in [0.29, 0.717) is 0 Å². The van der Waals surface area contributed by atoms with Crippen LogP contribution in [0.25, 0.3) is 33.1 Å². The maximum absolute atomic E-state index is 4.63. The van der Waals surface area contributed by atoms with Crippen molar-refractivity contribution in [1.82, 2.24) is 27.5 Å². The zero-order valence-corrected chi connectivity index (χ0v) is 14.0. The lowest BCUT2D eigenvalue weighted by Gasteiger charge is -1.98. The van der Waals surface area contributed by atoms with E-state index < -0.39 is 0 Å². The number of hydrogen-bond donors (Lipinski definition) is 1. The molecule has 5 aromatic rings. The van der Waals surface area contributed by atoms with Crippen LogP contribution in [0.3, 0.4) is 0 Å². The van der Waals surface area contributed by atoms with Crippen LogP contribution in [-0.4, -0.2) is 27.5 Å². The number of nitrogens with zero attached hydrogens (tertiary/aromatic N) is 5. The summed E-state index contributed by atoms with van der Waals surface area (Å²) < 4.78 is 16.0. The fourth-order valence-corrected chi connectivity index (χ4v) is 4.31. The van der Waals surface area contributed by atoms with Crippen molar-refractivity contribution >= 4 is 68.3 Å². The summed E-state index contributed by atoms with van der Waals surface area (Å²) in [6.45, 7) is 0. The van der Waals surface area contributed by atoms with Crippen molar-refractivity contribution in [2.24, 2.45) is 0 Å². The maximum atomic E-state index is 4.63. The van der Waals surface area contributed by atoms with E-state index in [4.69, 9.17) is 0 Å². The highest BCUT2D eigenvalue weighted by Gasteiger charge is 2.11. The molecule has 0 aliphatic rings. The molecule has 0 aliphatic carbocycles. The van der Waals surface area contributed by atoms with Crippen molar-refractivity contribution in [2.75, 3.05) is 0 Å². The Kier molecular flexibility index (Phi) is 3.03. The Hall–Kier alpha value is -2.10. The highest BCUT2D eigenvalue weighted by atomic mass is 32.2. The number of imidazole rings is 1. The van der Waals surface area contributed by atoms with Gasteiger partial charge in [-0.25, -0.2) is 9.97 Å². The van der Waals surface area contributed by atoms with Gasteiger partial charge in [0.15, 0.2) is 5.16 Å². The second-order valence-corrected chi connectivity index (χ2v) is 7.04. The van der Waals surface area contributed by atoms with Crippen LogP contribution in [0.2, 0.25) is 0 Å². The summed E-state index contributed by atoms with van der Waals surface area (Å²) in [5, 5.41) is 0.775. The fourth-order valence-electron chi connectivity index (χ4n) is 2.42. The van der Waals surface area contributed by atoms with Gasteiger partial charge in [0, 0.05) is 17.5 Å². The van der Waals surface area contributed by atoms with Crippen LogP contribution in [0.1, 0.15) is 5.56 Å². The highest BCUT2D eigenvalue weighted by Crippen LogP contribution is 2.27. The molecule has 0 unspecified atom stereocenters. The molecule has 3 heterocycles. The average molecular weight is 356 g/mol. The number of rotatable bonds is 3. The predicted octanol–water partition coefficient (Wildman–Crippen LogP) is 3.86. The van der Waals surface area contributed by atoms with Gasteiger partial charge in [0.1, 0.15) is 22.1 Å². The number of thioether (sulfide) groups is 1. The number of aromatic amines is 1. The predicted molar refractivity (Wildman–Crippen MR) is 94.0 cm³/mol. The van der Waals surface area contributed by atoms with Crippen molar-refractivity contribution < 1.29 is 0 Å². The Morgan fingerprint density at radius 1 is 0.913 bits per heavy atom. The molecule has 9 heteroatoms. The van der Waals surface area contributed by atoms with Crippen LogP contribution in [0, 0.1) is 0 Å². The smallest absolute Gasteiger partial charge is 0.189 e. The molecule has 0 radical (unpaired) electrons. The number of H-pyrrole nitrogens is 1. The van der Waals surface area contributed by atoms with Crippen LogP contribution >= 0.6 is 35.2 Å². The number of fused-ring (bicyclic) bond motifs is 4. The second kappa shape index (κ2) is 5.22. The van der Waals surface area contributed by atoms with Gasteiger partial charge in [-0.1, -0.05) is 17.8 Å². The Morgan fingerprint density at radius 3 is 2.83 bits per heavy atom. The number of aromatic nitrogens is 6. The number of benzene rings is 2. The minimum Gasteiger partial charge on any atom is -0.293 e. The molecular weight excluding hydrogens is 348 g/mol. The molecule has 5 rings (SSSR count). The molecule has 0 spiro atoms. The van der Waals surface area contributed by atoms with E-state index in [-0.39, 0.29) is 0 Å². The molecule has 6 nitrogen and oxygen atoms in total. The van der Waals surface area contributed by atoms with Crippen LogP contribution in [0.4, 0.5) is 0 Å². The van der Waals surface area contributed by atoms with Crippen molar-refractivity contribution in [1.29, 1.82) is 0 Å². The van der Waals surface area contributed by atoms with Gasteiger partial charge in [-0.15, -0.1) is 0 Å². The van der Waals surface area contributed by atoms with Crippen LogP contribution in [-0.2, 0) is 5.75 Å². The normalized spacial score (nSPS) is 11.8. The first kappa shape index (κ1) is 13.3. The van der Waals surface area contributed by atoms with Gasteiger partial charge in [-0.3, -0.25) is 4.37 Å². The third-order valence-electron chi connectivity index (χ3n) is 3.53. The zero-order valence-electron chi connectivity index (χ0n) is 11.6. The second-order valence-electron chi connectivity index (χ2n) is 5.00. The van der Waals surface area contributed by atoms with E-state index >= 15 is 0 Å². The lowest BCUT2D eigenvalue weighted by Crippen LogP contribution is -1.82. The molecule has 2 aromatic carbocycles. The fraction of sp³-hybridized carbons (Fsp3) is 0.0714. The summed E-state index contributed by atoms with van der Waals surface area (Å²) in [7, 11) is 0. The van der Waals surface area contributed by atoms with Gasteiger partial charge in [-0.05, 0) is 29.8 Å². The molecule has 3 aromatic heterocycles. The standard InChI is InChI=1S/C14H8N6S3/c1-2-8-11(19-22-17-8)5-7(1)6-21-14-15-9-3-4-10-13(12(9)16-14)20-23-18-10/h1-5,18H,6H2. The third kappa shape index (κ3) is 2.28. The third-order valence-corrected chi connectivity index (χ3v) is 5.59. The Labute approximate surface area is 142 Å². The Balaban J connectivity index is 1.46. The first-order valence-electron chi connectivity index (χ1n) is 6.81. The van der Waals surface area contributed by atoms with Gasteiger partial charge >= 0.3 is 0 Å². The van der Waals surface area contributed by atoms with E-state index in [1.807, 2.05) is 18.2 Å². The number of hydrogen-bond acceptors (Lipinski definition) is 8. The summed E-state index contributed by atoms with van der Waals surface area (Å²) in [5.41, 5.74) is 6.72. The summed E-state index contributed by atoms with van der Waals surface area (Å²) in [6.07, 6.45) is 0. The topological polar surface area (TPSA) is 80.2 Å². The minimum absolute atomic E-state index is 0.775. The minimum atomic E-state index is 0.775. The van der Waals surface area contributed by atoms with E-state index in [2.05, 4.69) is 39.6 Å². The molecule has 0 saturated carbocycles. The maximum Gasteiger partial charge on any atom is 0.189 e. The SMILES string of the molecule is c1cc2nsnc2cc1CSc1nc2ccc3[nH]snc3c2n1. The first-order chi connectivity index (χ1) is 11.4. The van der Waals surface area contributed by atoms with Crippen molar-refractivity contribution in [3.05, 3.63) is 35.9 Å². The summed E-state index contributed by atoms with van der Waals surface area (Å²) >= 11 is 4.19. The van der Waals surface area contributed by atoms with Crippen LogP contribution in [0.15, 0.2) is 35.5 Å². The van der Waals surface area contributed by atoms with E-state index in [0.717, 1.165) is 44.0 Å². The molecule has 0 amide bonds. The van der Waals surface area contributed by atoms with E-state index in [1.54, 1.807) is 11.8 Å². The molecule has 23 heavy (non-hydrogen) atoms. The van der Waals surface area contributed by atoms with Gasteiger partial charge in [-0.2, -0.15) is 13.1 Å². The Morgan fingerprint density at radius 2 is 1.83 bits per heavy atom. The zero-order chi connectivity index (χ0) is 15.2. The summed E-state index contributed by atoms with van der Waals surface area (Å²) in [6, 6.07) is 10.1. The highest BCUT2D eigenvalue weighted by molar-refractivity contribution is 7.98. The lowest BCUT2D eigenvalue weighted by atomic mass is 10.2. The molecule has 0 atom stereocenters. The Bertz CT molecular complexity index is 1140. The lowest BCUT2D eigenvalue weighted by molar-refractivity contribution is 1.08. The van der Waals surface area contributed by atoms with Gasteiger partial charge in [0.05, 0.1) is 22.8 Å². The first-order valence-corrected chi connectivity index (χ1v) is 9.30. The molecule has 112 valence electrons. The monoisotopic (exact) mass is 356 g/mol. The summed E-state index contributed by atoms with van der Waals surface area (Å²) in [5.74, 6) is 0.802. The molecule has 0 bridgehead atoms. The van der Waals surface area contributed by atoms with Gasteiger partial charge in [0.2, 0.25) is 0 Å². The van der Waals surface area contributed by atoms with E-state index in [9.17, 15) is 0 Å². The average Bonchev–Trinajstić information content (AvgIpc) is 3.29. The largest absolute Gasteiger partial charge is 0.293 e. The van der Waals surface area contributed by atoms with Gasteiger partial charge < -0.3 is 0 Å². The number of nitrogens with one attached hydrogen (secondary N) is 1. The van der Waals surface area contributed by atoms with Crippen molar-refractivity contribution in [2.45, 2.75) is 10.9 Å². The van der Waals surface area contributed by atoms with Gasteiger partial charge in [0.25, 0.3) is 0 Å². The summed E-state index contributed by atoms with van der Waals surface area (Å²) in [4.78, 5) is 9.22. The van der Waals surface area contributed by atoms with Crippen molar-refractivity contribution in [3.63, 3.8) is 0 Å². The van der Waals surface area contributed by atoms with Crippen LogP contribution < -0.4 is 0 Å². The quantitative estimate of drug-likeness (QED) is 0.494. The molecule has 0 aliphatic heterocycles. The molecule has 0 saturated heterocycles. The molecule has 0 fully saturated rings.